The number of ether oxygens (including phenoxy) is 2. The highest BCUT2D eigenvalue weighted by molar-refractivity contribution is 5.88. The second kappa shape index (κ2) is 8.19. The summed E-state index contributed by atoms with van der Waals surface area (Å²) in [4.78, 5) is 26.3. The van der Waals surface area contributed by atoms with E-state index in [-0.39, 0.29) is 23.8 Å². The Bertz CT molecular complexity index is 534. The second-order valence-electron chi connectivity index (χ2n) is 6.92. The summed E-state index contributed by atoms with van der Waals surface area (Å²) in [7, 11) is 0. The Labute approximate surface area is 149 Å². The van der Waals surface area contributed by atoms with Crippen molar-refractivity contribution in [2.24, 2.45) is 5.92 Å². The lowest BCUT2D eigenvalue weighted by Crippen LogP contribution is -2.50. The molecule has 1 fully saturated rings. The molecule has 1 aliphatic carbocycles. The number of hydrogen-bond donors (Lipinski definition) is 2. The van der Waals surface area contributed by atoms with E-state index in [2.05, 4.69) is 5.32 Å². The lowest BCUT2D eigenvalue weighted by atomic mass is 9.89. The first-order valence-corrected chi connectivity index (χ1v) is 9.12. The number of nitrogens with zero attached hydrogens (tertiary/aromatic N) is 1. The molecule has 142 valence electrons. The van der Waals surface area contributed by atoms with Gasteiger partial charge in [0.1, 0.15) is 6.04 Å². The van der Waals surface area contributed by atoms with Gasteiger partial charge < -0.3 is 24.8 Å². The number of carboxylic acid groups (broad SMARTS) is 1. The van der Waals surface area contributed by atoms with Gasteiger partial charge in [0.2, 0.25) is 5.91 Å². The van der Waals surface area contributed by atoms with Crippen molar-refractivity contribution in [2.75, 3.05) is 26.3 Å². The van der Waals surface area contributed by atoms with E-state index in [0.29, 0.717) is 44.8 Å². The summed E-state index contributed by atoms with van der Waals surface area (Å²) < 4.78 is 11.3. The average Bonchev–Trinajstić information content (AvgIpc) is 3.02. The standard InChI is InChI=1S/C18H30N2O5/c1-5-20(6-2)16(21)15(12(3)4)19-14-7-8-18(24-9-10-25-18)11-13(14)17(22)23/h12,15,19H,5-11H2,1-4H3,(H,22,23)/t15-/m0/s1. The molecule has 0 saturated carbocycles. The lowest BCUT2D eigenvalue weighted by Gasteiger charge is -2.36. The van der Waals surface area contributed by atoms with Crippen LogP contribution in [0.2, 0.25) is 0 Å². The molecule has 0 aromatic carbocycles. The zero-order valence-corrected chi connectivity index (χ0v) is 15.6. The minimum absolute atomic E-state index is 0.00546. The number of hydrogen-bond acceptors (Lipinski definition) is 5. The molecule has 1 atom stereocenters. The number of rotatable bonds is 7. The van der Waals surface area contributed by atoms with Crippen LogP contribution in [0.3, 0.4) is 0 Å². The van der Waals surface area contributed by atoms with Crippen LogP contribution in [0, 0.1) is 5.92 Å². The van der Waals surface area contributed by atoms with Gasteiger partial charge >= 0.3 is 5.97 Å². The molecule has 25 heavy (non-hydrogen) atoms. The fourth-order valence-electron chi connectivity index (χ4n) is 3.47. The quantitative estimate of drug-likeness (QED) is 0.724. The van der Waals surface area contributed by atoms with Crippen LogP contribution in [0.4, 0.5) is 0 Å². The highest BCUT2D eigenvalue weighted by Crippen LogP contribution is 2.38. The van der Waals surface area contributed by atoms with Crippen molar-refractivity contribution < 1.29 is 24.2 Å². The summed E-state index contributed by atoms with van der Waals surface area (Å²) >= 11 is 0. The van der Waals surface area contributed by atoms with Crippen molar-refractivity contribution >= 4 is 11.9 Å². The molecular formula is C18H30N2O5. The molecule has 0 radical (unpaired) electrons. The third-order valence-corrected chi connectivity index (χ3v) is 4.98. The zero-order chi connectivity index (χ0) is 18.6. The molecule has 7 nitrogen and oxygen atoms in total. The number of allylic oxidation sites excluding steroid dienone is 1. The molecule has 7 heteroatoms. The van der Waals surface area contributed by atoms with E-state index in [0.717, 1.165) is 0 Å². The van der Waals surface area contributed by atoms with E-state index in [9.17, 15) is 14.7 Å². The Balaban J connectivity index is 2.23. The second-order valence-corrected chi connectivity index (χ2v) is 6.92. The number of carbonyl (C=O) groups is 2. The summed E-state index contributed by atoms with van der Waals surface area (Å²) in [5.41, 5.74) is 0.877. The molecule has 2 rings (SSSR count). The van der Waals surface area contributed by atoms with Gasteiger partial charge in [-0.05, 0) is 26.2 Å². The van der Waals surface area contributed by atoms with Gasteiger partial charge in [0.25, 0.3) is 0 Å². The summed E-state index contributed by atoms with van der Waals surface area (Å²) in [5.74, 6) is -1.75. The summed E-state index contributed by atoms with van der Waals surface area (Å²) in [6.07, 6.45) is 1.29. The van der Waals surface area contributed by atoms with Crippen LogP contribution in [0.15, 0.2) is 11.3 Å². The summed E-state index contributed by atoms with van der Waals surface area (Å²) in [6, 6.07) is -0.441. The topological polar surface area (TPSA) is 88.1 Å². The average molecular weight is 354 g/mol. The summed E-state index contributed by atoms with van der Waals surface area (Å²) in [5, 5.41) is 12.9. The van der Waals surface area contributed by atoms with Crippen molar-refractivity contribution in [2.45, 2.75) is 58.8 Å². The van der Waals surface area contributed by atoms with Crippen LogP contribution >= 0.6 is 0 Å². The van der Waals surface area contributed by atoms with Crippen molar-refractivity contribution in [1.82, 2.24) is 10.2 Å². The van der Waals surface area contributed by atoms with Crippen molar-refractivity contribution in [1.29, 1.82) is 0 Å². The molecular weight excluding hydrogens is 324 g/mol. The van der Waals surface area contributed by atoms with Crippen molar-refractivity contribution in [3.8, 4) is 0 Å². The minimum Gasteiger partial charge on any atom is -0.478 e. The monoisotopic (exact) mass is 354 g/mol. The van der Waals surface area contributed by atoms with Gasteiger partial charge in [-0.1, -0.05) is 13.8 Å². The molecule has 0 aromatic rings. The molecule has 1 amide bonds. The Morgan fingerprint density at radius 2 is 1.84 bits per heavy atom. The number of nitrogens with one attached hydrogen (secondary N) is 1. The molecule has 0 unspecified atom stereocenters. The van der Waals surface area contributed by atoms with Gasteiger partial charge in [0.05, 0.1) is 18.8 Å². The van der Waals surface area contributed by atoms with E-state index >= 15 is 0 Å². The highest BCUT2D eigenvalue weighted by Gasteiger charge is 2.43. The summed E-state index contributed by atoms with van der Waals surface area (Å²) in [6.45, 7) is 10.1. The molecule has 2 aliphatic rings. The van der Waals surface area contributed by atoms with E-state index in [1.807, 2.05) is 27.7 Å². The number of carbonyl (C=O) groups excluding carboxylic acids is 1. The smallest absolute Gasteiger partial charge is 0.333 e. The maximum atomic E-state index is 12.8. The van der Waals surface area contributed by atoms with Gasteiger partial charge in [-0.2, -0.15) is 0 Å². The minimum atomic E-state index is -0.988. The fraction of sp³-hybridized carbons (Fsp3) is 0.778. The van der Waals surface area contributed by atoms with Gasteiger partial charge in [0, 0.05) is 31.6 Å². The molecule has 1 aliphatic heterocycles. The molecule has 0 bridgehead atoms. The van der Waals surface area contributed by atoms with Crippen LogP contribution in [-0.2, 0) is 19.1 Å². The first-order chi connectivity index (χ1) is 11.8. The van der Waals surface area contributed by atoms with Crippen LogP contribution in [0.1, 0.15) is 47.0 Å². The van der Waals surface area contributed by atoms with Gasteiger partial charge in [-0.25, -0.2) is 4.79 Å². The van der Waals surface area contributed by atoms with Crippen molar-refractivity contribution in [3.63, 3.8) is 0 Å². The Morgan fingerprint density at radius 3 is 2.32 bits per heavy atom. The molecule has 2 N–H and O–H groups in total. The normalized spacial score (nSPS) is 20.8. The molecule has 0 aromatic heterocycles. The van der Waals surface area contributed by atoms with E-state index in [1.165, 1.54) is 0 Å². The molecule has 1 saturated heterocycles. The largest absolute Gasteiger partial charge is 0.478 e. The number of carboxylic acids is 1. The fourth-order valence-corrected chi connectivity index (χ4v) is 3.47. The maximum Gasteiger partial charge on any atom is 0.333 e. The Hall–Kier alpha value is -1.60. The third-order valence-electron chi connectivity index (χ3n) is 4.98. The maximum absolute atomic E-state index is 12.8. The van der Waals surface area contributed by atoms with Gasteiger partial charge in [-0.3, -0.25) is 4.79 Å². The highest BCUT2D eigenvalue weighted by atomic mass is 16.7. The first-order valence-electron chi connectivity index (χ1n) is 9.12. The van der Waals surface area contributed by atoms with E-state index < -0.39 is 17.8 Å². The van der Waals surface area contributed by atoms with Crippen LogP contribution < -0.4 is 5.32 Å². The predicted octanol–water partition coefficient (Wildman–Crippen LogP) is 1.73. The lowest BCUT2D eigenvalue weighted by molar-refractivity contribution is -0.167. The van der Waals surface area contributed by atoms with E-state index in [4.69, 9.17) is 9.47 Å². The number of likely N-dealkylation sites (N-methyl/N-ethyl adjacent to an activating group) is 1. The molecule has 1 spiro atoms. The van der Waals surface area contributed by atoms with Crippen LogP contribution in [0.25, 0.3) is 0 Å². The van der Waals surface area contributed by atoms with Crippen LogP contribution in [0.5, 0.6) is 0 Å². The Morgan fingerprint density at radius 1 is 1.24 bits per heavy atom. The van der Waals surface area contributed by atoms with Crippen LogP contribution in [-0.4, -0.2) is 60.0 Å². The number of amides is 1. The van der Waals surface area contributed by atoms with E-state index in [1.54, 1.807) is 4.90 Å². The predicted molar refractivity (Wildman–Crippen MR) is 92.8 cm³/mol. The number of aliphatic carboxylic acids is 1. The van der Waals surface area contributed by atoms with Gasteiger partial charge in [-0.15, -0.1) is 0 Å². The van der Waals surface area contributed by atoms with Crippen molar-refractivity contribution in [3.05, 3.63) is 11.3 Å². The first kappa shape index (κ1) is 19.7. The molecule has 1 heterocycles. The Kier molecular flexibility index (Phi) is 6.46. The zero-order valence-electron chi connectivity index (χ0n) is 15.6. The third kappa shape index (κ3) is 4.33. The van der Waals surface area contributed by atoms with Gasteiger partial charge in [0.15, 0.2) is 5.79 Å². The SMILES string of the molecule is CCN(CC)C(=O)[C@@H](NC1=C(C(=O)O)CC2(CC1)OCCO2)C(C)C.